The fraction of sp³-hybridized carbons (Fsp3) is 0.615. The normalized spacial score (nSPS) is 19.5. The van der Waals surface area contributed by atoms with Crippen LogP contribution >= 0.6 is 0 Å². The van der Waals surface area contributed by atoms with Crippen LogP contribution in [0.3, 0.4) is 0 Å². The minimum Gasteiger partial charge on any atom is -0.396 e. The van der Waals surface area contributed by atoms with E-state index < -0.39 is 5.82 Å². The summed E-state index contributed by atoms with van der Waals surface area (Å²) in [6, 6.07) is 1.67. The summed E-state index contributed by atoms with van der Waals surface area (Å²) in [6.45, 7) is 0.860. The second-order valence-electron chi connectivity index (χ2n) is 4.65. The van der Waals surface area contributed by atoms with Crippen molar-refractivity contribution in [1.82, 2.24) is 4.98 Å². The third-order valence-electron chi connectivity index (χ3n) is 3.42. The zero-order valence-corrected chi connectivity index (χ0v) is 10.3. The first-order valence-corrected chi connectivity index (χ1v) is 6.39. The summed E-state index contributed by atoms with van der Waals surface area (Å²) in [7, 11) is 0. The number of halogens is 1. The maximum Gasteiger partial charge on any atom is 0.142 e. The van der Waals surface area contributed by atoms with Crippen LogP contribution in [0.4, 0.5) is 10.2 Å². The van der Waals surface area contributed by atoms with Gasteiger partial charge < -0.3 is 15.1 Å². The SMILES string of the molecule is OCCCC1CCCN1c1ncc(F)cc1CO. The molecule has 4 nitrogen and oxygen atoms in total. The van der Waals surface area contributed by atoms with E-state index in [9.17, 15) is 9.50 Å². The van der Waals surface area contributed by atoms with Gasteiger partial charge in [0.15, 0.2) is 0 Å². The number of pyridine rings is 1. The van der Waals surface area contributed by atoms with Crippen LogP contribution in [0.15, 0.2) is 12.3 Å². The van der Waals surface area contributed by atoms with Crippen LogP contribution in [0.25, 0.3) is 0 Å². The molecule has 1 saturated heterocycles. The van der Waals surface area contributed by atoms with Crippen molar-refractivity contribution in [2.24, 2.45) is 0 Å². The van der Waals surface area contributed by atoms with Crippen molar-refractivity contribution in [1.29, 1.82) is 0 Å². The van der Waals surface area contributed by atoms with Crippen LogP contribution < -0.4 is 4.90 Å². The minimum absolute atomic E-state index is 0.189. The molecule has 0 amide bonds. The summed E-state index contributed by atoms with van der Waals surface area (Å²) in [5.41, 5.74) is 0.533. The number of aliphatic hydroxyl groups excluding tert-OH is 2. The molecule has 5 heteroatoms. The molecule has 2 N–H and O–H groups in total. The third kappa shape index (κ3) is 2.79. The summed E-state index contributed by atoms with van der Waals surface area (Å²) in [5.74, 6) is 0.258. The number of anilines is 1. The lowest BCUT2D eigenvalue weighted by molar-refractivity contribution is 0.277. The van der Waals surface area contributed by atoms with Crippen molar-refractivity contribution in [3.05, 3.63) is 23.6 Å². The highest BCUT2D eigenvalue weighted by molar-refractivity contribution is 5.48. The van der Waals surface area contributed by atoms with Crippen LogP contribution in [-0.2, 0) is 6.61 Å². The Bertz CT molecular complexity index is 401. The summed E-state index contributed by atoms with van der Waals surface area (Å²) in [5, 5.41) is 18.2. The Labute approximate surface area is 106 Å². The maximum absolute atomic E-state index is 13.1. The second kappa shape index (κ2) is 6.11. The van der Waals surface area contributed by atoms with Crippen LogP contribution in [0.5, 0.6) is 0 Å². The number of hydrogen-bond donors (Lipinski definition) is 2. The minimum atomic E-state index is -0.422. The molecule has 1 aromatic rings. The Morgan fingerprint density at radius 1 is 1.44 bits per heavy atom. The first-order valence-electron chi connectivity index (χ1n) is 6.39. The second-order valence-corrected chi connectivity index (χ2v) is 4.65. The van der Waals surface area contributed by atoms with Gasteiger partial charge in [0.25, 0.3) is 0 Å². The van der Waals surface area contributed by atoms with Crippen LogP contribution in [-0.4, -0.2) is 34.4 Å². The number of aliphatic hydroxyl groups is 2. The molecule has 18 heavy (non-hydrogen) atoms. The Morgan fingerprint density at radius 3 is 3.00 bits per heavy atom. The smallest absolute Gasteiger partial charge is 0.142 e. The third-order valence-corrected chi connectivity index (χ3v) is 3.42. The van der Waals surface area contributed by atoms with Crippen molar-refractivity contribution < 1.29 is 14.6 Å². The van der Waals surface area contributed by atoms with Gasteiger partial charge in [-0.3, -0.25) is 0 Å². The highest BCUT2D eigenvalue weighted by Gasteiger charge is 2.26. The van der Waals surface area contributed by atoms with E-state index in [4.69, 9.17) is 5.11 Å². The molecule has 1 fully saturated rings. The molecule has 0 aliphatic carbocycles. The highest BCUT2D eigenvalue weighted by Crippen LogP contribution is 2.29. The molecule has 0 bridgehead atoms. The molecule has 0 aromatic carbocycles. The van der Waals surface area contributed by atoms with Gasteiger partial charge in [0.2, 0.25) is 0 Å². The van der Waals surface area contributed by atoms with Gasteiger partial charge in [0, 0.05) is 24.8 Å². The van der Waals surface area contributed by atoms with Gasteiger partial charge in [-0.05, 0) is 31.7 Å². The lowest BCUT2D eigenvalue weighted by Gasteiger charge is -2.27. The van der Waals surface area contributed by atoms with Crippen molar-refractivity contribution >= 4 is 5.82 Å². The van der Waals surface area contributed by atoms with Crippen molar-refractivity contribution in [3.63, 3.8) is 0 Å². The molecule has 0 spiro atoms. The Kier molecular flexibility index (Phi) is 4.49. The Hall–Kier alpha value is -1.20. The largest absolute Gasteiger partial charge is 0.396 e. The molecule has 1 unspecified atom stereocenters. The molecule has 0 radical (unpaired) electrons. The maximum atomic E-state index is 13.1. The van der Waals surface area contributed by atoms with Crippen LogP contribution in [0.1, 0.15) is 31.2 Å². The van der Waals surface area contributed by atoms with Gasteiger partial charge in [-0.15, -0.1) is 0 Å². The molecule has 2 rings (SSSR count). The fourth-order valence-electron chi connectivity index (χ4n) is 2.59. The van der Waals surface area contributed by atoms with Gasteiger partial charge >= 0.3 is 0 Å². The van der Waals surface area contributed by atoms with Gasteiger partial charge in [-0.25, -0.2) is 9.37 Å². The quantitative estimate of drug-likeness (QED) is 0.835. The van der Waals surface area contributed by atoms with E-state index in [2.05, 4.69) is 9.88 Å². The van der Waals surface area contributed by atoms with Crippen molar-refractivity contribution in [2.75, 3.05) is 18.1 Å². The van der Waals surface area contributed by atoms with Gasteiger partial charge in [0.1, 0.15) is 11.6 Å². The summed E-state index contributed by atoms with van der Waals surface area (Å²) < 4.78 is 13.1. The van der Waals surface area contributed by atoms with Crippen LogP contribution in [0.2, 0.25) is 0 Å². The highest BCUT2D eigenvalue weighted by atomic mass is 19.1. The number of nitrogens with zero attached hydrogens (tertiary/aromatic N) is 2. The number of aromatic nitrogens is 1. The van der Waals surface area contributed by atoms with E-state index in [0.29, 0.717) is 17.4 Å². The first kappa shape index (κ1) is 13.2. The summed E-state index contributed by atoms with van der Waals surface area (Å²) in [6.07, 6.45) is 4.98. The average Bonchev–Trinajstić information content (AvgIpc) is 2.84. The standard InChI is InChI=1S/C13H19FN2O2/c14-11-7-10(9-18)13(15-8-11)16-5-1-3-12(16)4-2-6-17/h7-8,12,17-18H,1-6,9H2. The van der Waals surface area contributed by atoms with E-state index in [0.717, 1.165) is 32.2 Å². The zero-order valence-electron chi connectivity index (χ0n) is 10.3. The molecule has 1 aliphatic rings. The Balaban J connectivity index is 2.18. The van der Waals surface area contributed by atoms with Gasteiger partial charge in [0.05, 0.1) is 12.8 Å². The molecule has 0 saturated carbocycles. The van der Waals surface area contributed by atoms with Gasteiger partial charge in [-0.1, -0.05) is 0 Å². The van der Waals surface area contributed by atoms with Crippen molar-refractivity contribution in [2.45, 2.75) is 38.3 Å². The van der Waals surface area contributed by atoms with E-state index in [1.54, 1.807) is 0 Å². The lowest BCUT2D eigenvalue weighted by Crippen LogP contribution is -2.31. The van der Waals surface area contributed by atoms with E-state index >= 15 is 0 Å². The average molecular weight is 254 g/mol. The molecule has 2 heterocycles. The predicted molar refractivity (Wildman–Crippen MR) is 66.8 cm³/mol. The lowest BCUT2D eigenvalue weighted by atomic mass is 10.1. The van der Waals surface area contributed by atoms with Crippen molar-refractivity contribution in [3.8, 4) is 0 Å². The summed E-state index contributed by atoms with van der Waals surface area (Å²) >= 11 is 0. The molecule has 1 aliphatic heterocycles. The monoisotopic (exact) mass is 254 g/mol. The topological polar surface area (TPSA) is 56.6 Å². The van der Waals surface area contributed by atoms with Crippen LogP contribution in [0, 0.1) is 5.82 Å². The van der Waals surface area contributed by atoms with E-state index in [1.165, 1.54) is 12.3 Å². The first-order chi connectivity index (χ1) is 8.76. The Morgan fingerprint density at radius 2 is 2.28 bits per heavy atom. The van der Waals surface area contributed by atoms with E-state index in [1.807, 2.05) is 0 Å². The molecular weight excluding hydrogens is 235 g/mol. The van der Waals surface area contributed by atoms with E-state index in [-0.39, 0.29) is 13.2 Å². The molecule has 1 aromatic heterocycles. The zero-order chi connectivity index (χ0) is 13.0. The van der Waals surface area contributed by atoms with Gasteiger partial charge in [-0.2, -0.15) is 0 Å². The predicted octanol–water partition coefficient (Wildman–Crippen LogP) is 1.45. The fourth-order valence-corrected chi connectivity index (χ4v) is 2.59. The molecule has 100 valence electrons. The number of rotatable bonds is 5. The number of hydrogen-bond acceptors (Lipinski definition) is 4. The summed E-state index contributed by atoms with van der Waals surface area (Å²) in [4.78, 5) is 6.24. The molecule has 1 atom stereocenters. The molecular formula is C13H19FN2O2.